The van der Waals surface area contributed by atoms with Gasteiger partial charge in [0.15, 0.2) is 5.69 Å². The van der Waals surface area contributed by atoms with Crippen molar-refractivity contribution in [1.82, 2.24) is 14.9 Å². The summed E-state index contributed by atoms with van der Waals surface area (Å²) >= 11 is 0. The van der Waals surface area contributed by atoms with Crippen molar-refractivity contribution >= 4 is 11.7 Å². The van der Waals surface area contributed by atoms with Crippen LogP contribution < -0.4 is 0 Å². The molecule has 0 aromatic carbocycles. The van der Waals surface area contributed by atoms with Crippen LogP contribution in [0.15, 0.2) is 10.7 Å². The molecule has 0 aliphatic rings. The third kappa shape index (κ3) is 2.75. The highest BCUT2D eigenvalue weighted by atomic mass is 19.4. The van der Waals surface area contributed by atoms with Crippen LogP contribution in [0.4, 0.5) is 18.9 Å². The lowest BCUT2D eigenvalue weighted by Gasteiger charge is -2.02. The topological polar surface area (TPSA) is 124 Å². The van der Waals surface area contributed by atoms with Crippen molar-refractivity contribution in [3.8, 4) is 0 Å². The molecule has 0 fully saturated rings. The van der Waals surface area contributed by atoms with Gasteiger partial charge >= 0.3 is 17.8 Å². The average Bonchev–Trinajstić information content (AvgIpc) is 2.94. The molecule has 2 aromatic rings. The van der Waals surface area contributed by atoms with Gasteiger partial charge in [-0.15, -0.1) is 0 Å². The molecule has 12 heteroatoms. The lowest BCUT2D eigenvalue weighted by molar-refractivity contribution is -0.388. The number of nitro groups is 1. The fourth-order valence-corrected chi connectivity index (χ4v) is 1.73. The van der Waals surface area contributed by atoms with Crippen molar-refractivity contribution in [2.45, 2.75) is 19.6 Å². The molecule has 0 aliphatic heterocycles. The van der Waals surface area contributed by atoms with Crippen molar-refractivity contribution in [2.24, 2.45) is 0 Å². The van der Waals surface area contributed by atoms with E-state index in [2.05, 4.69) is 14.8 Å². The van der Waals surface area contributed by atoms with Gasteiger partial charge in [-0.1, -0.05) is 5.16 Å². The van der Waals surface area contributed by atoms with Gasteiger partial charge in [-0.3, -0.25) is 14.8 Å². The second-order valence-corrected chi connectivity index (χ2v) is 4.19. The predicted octanol–water partition coefficient (Wildman–Crippen LogP) is 1.85. The molecule has 2 aromatic heterocycles. The molecule has 0 aliphatic carbocycles. The first-order valence-electron chi connectivity index (χ1n) is 5.58. The number of alkyl halides is 3. The number of hydrogen-bond donors (Lipinski definition) is 1. The number of carboxylic acid groups (broad SMARTS) is 1. The molecule has 0 radical (unpaired) electrons. The average molecular weight is 320 g/mol. The Morgan fingerprint density at radius 3 is 2.64 bits per heavy atom. The Hall–Kier alpha value is -2.92. The maximum atomic E-state index is 12.7. The zero-order chi connectivity index (χ0) is 16.7. The monoisotopic (exact) mass is 320 g/mol. The molecule has 0 bridgehead atoms. The smallest absolute Gasteiger partial charge is 0.442 e. The minimum atomic E-state index is -5.01. The second-order valence-electron chi connectivity index (χ2n) is 4.19. The van der Waals surface area contributed by atoms with Crippen LogP contribution in [-0.2, 0) is 12.7 Å². The Bertz CT molecular complexity index is 748. The van der Waals surface area contributed by atoms with Gasteiger partial charge in [0, 0.05) is 0 Å². The number of halogens is 3. The summed E-state index contributed by atoms with van der Waals surface area (Å²) < 4.78 is 43.3. The lowest BCUT2D eigenvalue weighted by atomic mass is 10.2. The number of carboxylic acids is 1. The van der Waals surface area contributed by atoms with Gasteiger partial charge in [0.1, 0.15) is 12.0 Å². The van der Waals surface area contributed by atoms with Gasteiger partial charge in [-0.2, -0.15) is 18.3 Å². The SMILES string of the molecule is Cc1onc(C(=O)O)c1Cn1cc([N+](=O)[O-])c(C(F)(F)F)n1. The minimum absolute atomic E-state index is 0.0291. The maximum Gasteiger partial charge on any atom is 0.442 e. The lowest BCUT2D eigenvalue weighted by Crippen LogP contribution is -2.11. The number of nitrogens with zero attached hydrogens (tertiary/aromatic N) is 4. The Kier molecular flexibility index (Phi) is 3.60. The second kappa shape index (κ2) is 5.13. The number of hydrogen-bond acceptors (Lipinski definition) is 6. The molecule has 9 nitrogen and oxygen atoms in total. The molecule has 0 unspecified atom stereocenters. The van der Waals surface area contributed by atoms with E-state index in [1.807, 2.05) is 0 Å². The standard InChI is InChI=1S/C10H7F3N4O5/c1-4-5(7(9(18)19)15-22-4)2-16-3-6(17(20)21)8(14-16)10(11,12)13/h3H,2H2,1H3,(H,18,19). The molecule has 118 valence electrons. The molecular weight excluding hydrogens is 313 g/mol. The summed E-state index contributed by atoms with van der Waals surface area (Å²) in [5.74, 6) is -1.38. The Morgan fingerprint density at radius 1 is 1.55 bits per heavy atom. The van der Waals surface area contributed by atoms with E-state index in [0.717, 1.165) is 0 Å². The van der Waals surface area contributed by atoms with Crippen LogP contribution in [0.5, 0.6) is 0 Å². The van der Waals surface area contributed by atoms with Gasteiger partial charge in [0.25, 0.3) is 0 Å². The van der Waals surface area contributed by atoms with Gasteiger partial charge in [-0.05, 0) is 6.92 Å². The Labute approximate surface area is 119 Å². The van der Waals surface area contributed by atoms with Crippen LogP contribution in [-0.4, -0.2) is 30.9 Å². The Balaban J connectivity index is 2.46. The molecular formula is C10H7F3N4O5. The van der Waals surface area contributed by atoms with E-state index in [-0.39, 0.29) is 11.3 Å². The normalized spacial score (nSPS) is 11.6. The van der Waals surface area contributed by atoms with Crippen molar-refractivity contribution in [1.29, 1.82) is 0 Å². The summed E-state index contributed by atoms with van der Waals surface area (Å²) in [5.41, 5.74) is -3.41. The van der Waals surface area contributed by atoms with E-state index in [9.17, 15) is 28.1 Å². The summed E-state index contributed by atoms with van der Waals surface area (Å²) in [6.07, 6.45) is -4.44. The maximum absolute atomic E-state index is 12.7. The fraction of sp³-hybridized carbons (Fsp3) is 0.300. The molecule has 0 saturated heterocycles. The highest BCUT2D eigenvalue weighted by Gasteiger charge is 2.42. The van der Waals surface area contributed by atoms with Crippen LogP contribution in [0, 0.1) is 17.0 Å². The van der Waals surface area contributed by atoms with Crippen LogP contribution >= 0.6 is 0 Å². The first-order valence-corrected chi connectivity index (χ1v) is 5.58. The largest absolute Gasteiger partial charge is 0.476 e. The van der Waals surface area contributed by atoms with E-state index in [4.69, 9.17) is 5.11 Å². The summed E-state index contributed by atoms with van der Waals surface area (Å²) in [7, 11) is 0. The first-order chi connectivity index (χ1) is 10.1. The Morgan fingerprint density at radius 2 is 2.18 bits per heavy atom. The summed E-state index contributed by atoms with van der Waals surface area (Å²) in [4.78, 5) is 20.4. The summed E-state index contributed by atoms with van der Waals surface area (Å²) in [6, 6.07) is 0. The minimum Gasteiger partial charge on any atom is -0.476 e. The number of aromatic nitrogens is 3. The summed E-state index contributed by atoms with van der Waals surface area (Å²) in [6.45, 7) is 0.894. The van der Waals surface area contributed by atoms with Gasteiger partial charge in [0.2, 0.25) is 5.69 Å². The third-order valence-electron chi connectivity index (χ3n) is 2.71. The van der Waals surface area contributed by atoms with Crippen molar-refractivity contribution in [3.05, 3.63) is 39.0 Å². The van der Waals surface area contributed by atoms with E-state index in [1.54, 1.807) is 0 Å². The number of carbonyl (C=O) groups is 1. The van der Waals surface area contributed by atoms with Crippen LogP contribution in [0.2, 0.25) is 0 Å². The van der Waals surface area contributed by atoms with E-state index in [1.165, 1.54) is 6.92 Å². The predicted molar refractivity (Wildman–Crippen MR) is 61.2 cm³/mol. The molecule has 2 rings (SSSR count). The van der Waals surface area contributed by atoms with E-state index >= 15 is 0 Å². The van der Waals surface area contributed by atoms with Crippen molar-refractivity contribution in [3.63, 3.8) is 0 Å². The van der Waals surface area contributed by atoms with Gasteiger partial charge < -0.3 is 9.63 Å². The zero-order valence-electron chi connectivity index (χ0n) is 10.8. The van der Waals surface area contributed by atoms with Gasteiger partial charge in [0.05, 0.1) is 17.0 Å². The molecule has 22 heavy (non-hydrogen) atoms. The first kappa shape index (κ1) is 15.5. The van der Waals surface area contributed by atoms with Crippen LogP contribution in [0.25, 0.3) is 0 Å². The summed E-state index contributed by atoms with van der Waals surface area (Å²) in [5, 5.41) is 25.9. The third-order valence-corrected chi connectivity index (χ3v) is 2.71. The number of aryl methyl sites for hydroxylation is 1. The number of rotatable bonds is 4. The molecule has 2 heterocycles. The van der Waals surface area contributed by atoms with Gasteiger partial charge in [-0.25, -0.2) is 4.79 Å². The van der Waals surface area contributed by atoms with E-state index in [0.29, 0.717) is 10.9 Å². The highest BCUT2D eigenvalue weighted by molar-refractivity contribution is 5.87. The quantitative estimate of drug-likeness (QED) is 0.673. The number of aromatic carboxylic acids is 1. The molecule has 0 saturated carbocycles. The van der Waals surface area contributed by atoms with Crippen LogP contribution in [0.3, 0.4) is 0 Å². The molecule has 0 amide bonds. The molecule has 0 spiro atoms. The van der Waals surface area contributed by atoms with E-state index < -0.39 is 40.7 Å². The van der Waals surface area contributed by atoms with Crippen molar-refractivity contribution < 1.29 is 32.5 Å². The zero-order valence-corrected chi connectivity index (χ0v) is 10.8. The van der Waals surface area contributed by atoms with Crippen molar-refractivity contribution in [2.75, 3.05) is 0 Å². The molecule has 1 N–H and O–H groups in total. The molecule has 0 atom stereocenters. The van der Waals surface area contributed by atoms with Crippen LogP contribution in [0.1, 0.15) is 27.5 Å². The highest BCUT2D eigenvalue weighted by Crippen LogP contribution is 2.34. The fourth-order valence-electron chi connectivity index (χ4n) is 1.73.